The highest BCUT2D eigenvalue weighted by Crippen LogP contribution is 2.21. The van der Waals surface area contributed by atoms with Gasteiger partial charge >= 0.3 is 0 Å². The second-order valence-electron chi connectivity index (χ2n) is 7.20. The molecule has 0 aromatic carbocycles. The zero-order valence-electron chi connectivity index (χ0n) is 17.3. The fourth-order valence-electron chi connectivity index (χ4n) is 3.55. The van der Waals surface area contributed by atoms with E-state index in [-0.39, 0.29) is 6.04 Å². The van der Waals surface area contributed by atoms with E-state index in [1.165, 1.54) is 0 Å². The van der Waals surface area contributed by atoms with Crippen molar-refractivity contribution in [2.75, 3.05) is 18.4 Å². The molecule has 5 aromatic rings. The molecule has 0 saturated carbocycles. The Bertz CT molecular complexity index is 1250. The van der Waals surface area contributed by atoms with E-state index in [9.17, 15) is 0 Å². The molecule has 0 aliphatic carbocycles. The number of nitrogens with zero attached hydrogens (tertiary/aromatic N) is 6. The van der Waals surface area contributed by atoms with Crippen LogP contribution in [0.2, 0.25) is 0 Å². The van der Waals surface area contributed by atoms with E-state index in [4.69, 9.17) is 4.98 Å². The van der Waals surface area contributed by atoms with Gasteiger partial charge in [-0.25, -0.2) is 9.50 Å². The third-order valence-corrected chi connectivity index (χ3v) is 5.06. The highest BCUT2D eigenvalue weighted by atomic mass is 15.4. The highest BCUT2D eigenvalue weighted by molar-refractivity contribution is 5.74. The molecule has 0 amide bonds. The van der Waals surface area contributed by atoms with Crippen LogP contribution in [-0.4, -0.2) is 42.9 Å². The summed E-state index contributed by atoms with van der Waals surface area (Å²) in [5.74, 6) is 0.786. The summed E-state index contributed by atoms with van der Waals surface area (Å²) in [6.07, 6.45) is 5.48. The summed E-state index contributed by atoms with van der Waals surface area (Å²) in [5, 5.41) is 15.4. The van der Waals surface area contributed by atoms with Crippen LogP contribution in [0, 0.1) is 0 Å². The topological polar surface area (TPSA) is 92.9 Å². The number of hydrogen-bond donors (Lipinski definition) is 2. The van der Waals surface area contributed by atoms with E-state index < -0.39 is 0 Å². The van der Waals surface area contributed by atoms with Gasteiger partial charge in [-0.2, -0.15) is 0 Å². The molecule has 8 heteroatoms. The van der Waals surface area contributed by atoms with E-state index in [0.717, 1.165) is 34.1 Å². The van der Waals surface area contributed by atoms with Gasteiger partial charge in [0, 0.05) is 31.7 Å². The first-order chi connectivity index (χ1) is 15.9. The molecule has 0 radical (unpaired) electrons. The van der Waals surface area contributed by atoms with Crippen LogP contribution in [0.25, 0.3) is 16.9 Å². The fourth-order valence-corrected chi connectivity index (χ4v) is 3.55. The van der Waals surface area contributed by atoms with Gasteiger partial charge in [0.05, 0.1) is 28.6 Å². The molecule has 5 rings (SSSR count). The quantitative estimate of drug-likeness (QED) is 0.370. The molecule has 0 saturated heterocycles. The number of nitrogens with one attached hydrogen (secondary N) is 2. The van der Waals surface area contributed by atoms with E-state index in [1.807, 2.05) is 79.0 Å². The summed E-state index contributed by atoms with van der Waals surface area (Å²) in [4.78, 5) is 13.7. The van der Waals surface area contributed by atoms with Crippen LogP contribution in [0.5, 0.6) is 0 Å². The van der Waals surface area contributed by atoms with Crippen molar-refractivity contribution in [2.24, 2.45) is 0 Å². The molecular weight excluding hydrogens is 400 g/mol. The average Bonchev–Trinajstić information content (AvgIpc) is 3.30. The molecule has 5 heterocycles. The van der Waals surface area contributed by atoms with Crippen LogP contribution in [0.4, 0.5) is 5.82 Å². The Balaban J connectivity index is 1.26. The van der Waals surface area contributed by atoms with Crippen molar-refractivity contribution in [1.29, 1.82) is 0 Å². The molecule has 0 atom stereocenters. The molecule has 0 aliphatic rings. The first-order valence-corrected chi connectivity index (χ1v) is 10.4. The second kappa shape index (κ2) is 9.32. The van der Waals surface area contributed by atoms with E-state index in [2.05, 4.69) is 30.9 Å². The van der Waals surface area contributed by atoms with Gasteiger partial charge in [0.25, 0.3) is 0 Å². The maximum absolute atomic E-state index is 4.72. The highest BCUT2D eigenvalue weighted by Gasteiger charge is 2.15. The van der Waals surface area contributed by atoms with Gasteiger partial charge in [-0.15, -0.1) is 5.10 Å². The first kappa shape index (κ1) is 19.8. The van der Waals surface area contributed by atoms with Crippen LogP contribution in [0.15, 0.2) is 91.4 Å². The van der Waals surface area contributed by atoms with Crippen molar-refractivity contribution >= 4 is 11.3 Å². The Morgan fingerprint density at radius 3 is 2.31 bits per heavy atom. The molecule has 0 bridgehead atoms. The Morgan fingerprint density at radius 1 is 0.781 bits per heavy atom. The molecular formula is C24H22N8. The van der Waals surface area contributed by atoms with Gasteiger partial charge in [-0.1, -0.05) is 29.5 Å². The Morgan fingerprint density at radius 2 is 1.56 bits per heavy atom. The van der Waals surface area contributed by atoms with Gasteiger partial charge in [0.15, 0.2) is 0 Å². The molecule has 0 spiro atoms. The monoisotopic (exact) mass is 422 g/mol. The zero-order valence-corrected chi connectivity index (χ0v) is 17.3. The van der Waals surface area contributed by atoms with Gasteiger partial charge in [-0.3, -0.25) is 9.97 Å². The fraction of sp³-hybridized carbons (Fsp3) is 0.125. The summed E-state index contributed by atoms with van der Waals surface area (Å²) in [5.41, 5.74) is 4.34. The molecule has 32 heavy (non-hydrogen) atoms. The number of rotatable bonds is 8. The molecule has 0 fully saturated rings. The zero-order chi connectivity index (χ0) is 21.6. The first-order valence-electron chi connectivity index (χ1n) is 10.4. The van der Waals surface area contributed by atoms with Crippen LogP contribution < -0.4 is 10.6 Å². The summed E-state index contributed by atoms with van der Waals surface area (Å²) < 4.78 is 1.75. The molecule has 2 N–H and O–H groups in total. The van der Waals surface area contributed by atoms with E-state index in [1.54, 1.807) is 16.9 Å². The average molecular weight is 422 g/mol. The summed E-state index contributed by atoms with van der Waals surface area (Å²) in [6, 6.07) is 23.5. The Labute approximate surface area is 185 Å². The predicted octanol–water partition coefficient (Wildman–Crippen LogP) is 3.37. The molecule has 158 valence electrons. The normalized spacial score (nSPS) is 11.2. The number of hydrogen-bond acceptors (Lipinski definition) is 7. The molecule has 5 aromatic heterocycles. The van der Waals surface area contributed by atoms with Crippen LogP contribution in [-0.2, 0) is 0 Å². The molecule has 0 unspecified atom stereocenters. The predicted molar refractivity (Wildman–Crippen MR) is 123 cm³/mol. The van der Waals surface area contributed by atoms with E-state index in [0.29, 0.717) is 13.1 Å². The summed E-state index contributed by atoms with van der Waals surface area (Å²) in [7, 11) is 0. The van der Waals surface area contributed by atoms with Gasteiger partial charge < -0.3 is 10.6 Å². The third kappa shape index (κ3) is 4.30. The second-order valence-corrected chi connectivity index (χ2v) is 7.20. The minimum Gasteiger partial charge on any atom is -0.369 e. The maximum Gasteiger partial charge on any atom is 0.139 e. The maximum atomic E-state index is 4.72. The van der Waals surface area contributed by atoms with Gasteiger partial charge in [-0.05, 0) is 48.5 Å². The standard InChI is InChI=1S/C24H22N8/c1-4-13-25-18(8-1)23(19-9-2-5-14-26-19)28-16-15-27-22-12-7-10-20(29-22)24-21-11-3-6-17-32(21)31-30-24/h1-14,17,23,28H,15-16H2,(H,27,29). The lowest BCUT2D eigenvalue weighted by Crippen LogP contribution is -2.29. The van der Waals surface area contributed by atoms with Crippen molar-refractivity contribution in [3.63, 3.8) is 0 Å². The Hall–Kier alpha value is -4.17. The number of fused-ring (bicyclic) bond motifs is 1. The summed E-state index contributed by atoms with van der Waals surface area (Å²) in [6.45, 7) is 1.40. The van der Waals surface area contributed by atoms with Gasteiger partial charge in [0.2, 0.25) is 0 Å². The third-order valence-electron chi connectivity index (χ3n) is 5.06. The number of anilines is 1. The molecule has 0 aliphatic heterocycles. The SMILES string of the molecule is c1ccc(C(NCCNc2cccc(-c3nnn4ccccc34)n2)c2ccccn2)nc1. The van der Waals surface area contributed by atoms with Crippen molar-refractivity contribution in [1.82, 2.24) is 35.1 Å². The lowest BCUT2D eigenvalue weighted by atomic mass is 10.1. The minimum absolute atomic E-state index is 0.0820. The number of pyridine rings is 4. The molecule has 8 nitrogen and oxygen atoms in total. The van der Waals surface area contributed by atoms with Crippen molar-refractivity contribution < 1.29 is 0 Å². The van der Waals surface area contributed by atoms with Crippen LogP contribution in [0.3, 0.4) is 0 Å². The number of aromatic nitrogens is 6. The van der Waals surface area contributed by atoms with Crippen LogP contribution in [0.1, 0.15) is 17.4 Å². The van der Waals surface area contributed by atoms with Gasteiger partial charge in [0.1, 0.15) is 11.5 Å². The largest absolute Gasteiger partial charge is 0.369 e. The van der Waals surface area contributed by atoms with E-state index >= 15 is 0 Å². The lowest BCUT2D eigenvalue weighted by Gasteiger charge is -2.18. The summed E-state index contributed by atoms with van der Waals surface area (Å²) >= 11 is 0. The van der Waals surface area contributed by atoms with Crippen molar-refractivity contribution in [2.45, 2.75) is 6.04 Å². The van der Waals surface area contributed by atoms with Crippen LogP contribution >= 0.6 is 0 Å². The lowest BCUT2D eigenvalue weighted by molar-refractivity contribution is 0.591. The van der Waals surface area contributed by atoms with Crippen molar-refractivity contribution in [3.05, 3.63) is 103 Å². The Kier molecular flexibility index (Phi) is 5.76. The minimum atomic E-state index is -0.0820. The smallest absolute Gasteiger partial charge is 0.139 e. The van der Waals surface area contributed by atoms with Crippen molar-refractivity contribution in [3.8, 4) is 11.4 Å².